The second-order valence-corrected chi connectivity index (χ2v) is 18.6. The molecule has 0 amide bonds. The molecule has 1 aliphatic carbocycles. The highest BCUT2D eigenvalue weighted by Crippen LogP contribution is 2.52. The summed E-state index contributed by atoms with van der Waals surface area (Å²) in [6.45, 7) is 4.77. The van der Waals surface area contributed by atoms with E-state index < -0.39 is 0 Å². The van der Waals surface area contributed by atoms with Gasteiger partial charge >= 0.3 is 0 Å². The van der Waals surface area contributed by atoms with Crippen molar-refractivity contribution in [3.63, 3.8) is 0 Å². The van der Waals surface area contributed by atoms with Crippen LogP contribution in [0, 0.1) is 0 Å². The quantitative estimate of drug-likeness (QED) is 0.140. The van der Waals surface area contributed by atoms with Crippen LogP contribution in [0.25, 0.3) is 88.7 Å². The minimum absolute atomic E-state index is 0.199. The van der Waals surface area contributed by atoms with Gasteiger partial charge in [0.1, 0.15) is 0 Å². The summed E-state index contributed by atoms with van der Waals surface area (Å²) >= 11 is 0. The Hall–Kier alpha value is -8.52. The lowest BCUT2D eigenvalue weighted by atomic mass is 9.81. The SMILES string of the molecule is CC1(C)c2cc(-c3ccc4ccccc4c3)ccc2-c2ccc(N(c3ccc(-c4ccc(-c5ccccc5)cc4)cc3)c3ccc(-c4ccc(-c5ccc(-c6ccccc6)cc5)cc4)cc3)cc21. The van der Waals surface area contributed by atoms with Gasteiger partial charge in [-0.3, -0.25) is 0 Å². The maximum atomic E-state index is 2.43. The number of hydrogen-bond acceptors (Lipinski definition) is 1. The van der Waals surface area contributed by atoms with Crippen molar-refractivity contribution in [1.82, 2.24) is 0 Å². The summed E-state index contributed by atoms with van der Waals surface area (Å²) < 4.78 is 0. The van der Waals surface area contributed by atoms with E-state index in [1.165, 1.54) is 99.8 Å². The molecule has 0 radical (unpaired) electrons. The Balaban J connectivity index is 0.872. The Kier molecular flexibility index (Phi) is 10.3. The average molecular weight is 868 g/mol. The van der Waals surface area contributed by atoms with Gasteiger partial charge < -0.3 is 4.90 Å². The molecule has 0 heterocycles. The zero-order valence-electron chi connectivity index (χ0n) is 38.3. The van der Waals surface area contributed by atoms with Crippen LogP contribution >= 0.6 is 0 Å². The van der Waals surface area contributed by atoms with Crippen molar-refractivity contribution < 1.29 is 0 Å². The Morgan fingerprint density at radius 1 is 0.235 bits per heavy atom. The largest absolute Gasteiger partial charge is 0.310 e. The molecule has 322 valence electrons. The van der Waals surface area contributed by atoms with E-state index in [4.69, 9.17) is 0 Å². The van der Waals surface area contributed by atoms with E-state index in [0.717, 1.165) is 17.1 Å². The van der Waals surface area contributed by atoms with Crippen LogP contribution in [-0.4, -0.2) is 0 Å². The molecule has 1 heteroatoms. The van der Waals surface area contributed by atoms with E-state index in [0.29, 0.717) is 0 Å². The van der Waals surface area contributed by atoms with Gasteiger partial charge in [0, 0.05) is 22.5 Å². The molecular weight excluding hydrogens is 819 g/mol. The molecule has 0 fully saturated rings. The molecule has 11 aromatic rings. The van der Waals surface area contributed by atoms with Crippen molar-refractivity contribution in [2.45, 2.75) is 19.3 Å². The minimum atomic E-state index is -0.199. The predicted molar refractivity (Wildman–Crippen MR) is 289 cm³/mol. The Labute approximate surface area is 399 Å². The first-order chi connectivity index (χ1) is 33.4. The Morgan fingerprint density at radius 3 is 1.00 bits per heavy atom. The fourth-order valence-corrected chi connectivity index (χ4v) is 10.3. The van der Waals surface area contributed by atoms with Crippen molar-refractivity contribution in [3.8, 4) is 77.9 Å². The molecule has 0 N–H and O–H groups in total. The topological polar surface area (TPSA) is 3.24 Å². The summed E-state index contributed by atoms with van der Waals surface area (Å²) in [5.41, 5.74) is 23.0. The van der Waals surface area contributed by atoms with Crippen molar-refractivity contribution in [3.05, 3.63) is 272 Å². The van der Waals surface area contributed by atoms with Gasteiger partial charge in [-0.2, -0.15) is 0 Å². The van der Waals surface area contributed by atoms with Crippen LogP contribution < -0.4 is 4.90 Å². The van der Waals surface area contributed by atoms with Gasteiger partial charge in [0.15, 0.2) is 0 Å². The average Bonchev–Trinajstić information content (AvgIpc) is 3.64. The predicted octanol–water partition coefficient (Wildman–Crippen LogP) is 18.6. The van der Waals surface area contributed by atoms with Crippen molar-refractivity contribution >= 4 is 27.8 Å². The lowest BCUT2D eigenvalue weighted by Gasteiger charge is -2.28. The fourth-order valence-electron chi connectivity index (χ4n) is 10.3. The van der Waals surface area contributed by atoms with Crippen LogP contribution in [0.1, 0.15) is 25.0 Å². The first-order valence-electron chi connectivity index (χ1n) is 23.6. The highest BCUT2D eigenvalue weighted by atomic mass is 15.1. The van der Waals surface area contributed by atoms with E-state index in [1.54, 1.807) is 0 Å². The highest BCUT2D eigenvalue weighted by Gasteiger charge is 2.36. The molecule has 0 aromatic heterocycles. The summed E-state index contributed by atoms with van der Waals surface area (Å²) in [7, 11) is 0. The second kappa shape index (κ2) is 17.0. The molecule has 0 atom stereocenters. The van der Waals surface area contributed by atoms with Gasteiger partial charge in [0.05, 0.1) is 0 Å². The minimum Gasteiger partial charge on any atom is -0.310 e. The van der Waals surface area contributed by atoms with Gasteiger partial charge in [-0.05, 0) is 148 Å². The third-order valence-electron chi connectivity index (χ3n) is 14.1. The molecule has 11 aromatic carbocycles. The summed E-state index contributed by atoms with van der Waals surface area (Å²) in [5, 5.41) is 2.53. The zero-order valence-corrected chi connectivity index (χ0v) is 38.3. The molecule has 0 unspecified atom stereocenters. The molecule has 68 heavy (non-hydrogen) atoms. The number of nitrogens with zero attached hydrogens (tertiary/aromatic N) is 1. The number of benzene rings is 11. The molecule has 1 aliphatic rings. The molecule has 0 saturated heterocycles. The maximum Gasteiger partial charge on any atom is 0.0465 e. The first kappa shape index (κ1) is 40.9. The smallest absolute Gasteiger partial charge is 0.0465 e. The van der Waals surface area contributed by atoms with Crippen LogP contribution in [-0.2, 0) is 5.41 Å². The van der Waals surface area contributed by atoms with Gasteiger partial charge in [-0.1, -0.05) is 226 Å². The van der Waals surface area contributed by atoms with E-state index in [1.807, 2.05) is 0 Å². The Morgan fingerprint density at radius 2 is 0.544 bits per heavy atom. The van der Waals surface area contributed by atoms with Crippen LogP contribution in [0.2, 0.25) is 0 Å². The second-order valence-electron chi connectivity index (χ2n) is 18.6. The van der Waals surface area contributed by atoms with Gasteiger partial charge in [0.25, 0.3) is 0 Å². The lowest BCUT2D eigenvalue weighted by Crippen LogP contribution is -2.16. The molecule has 0 saturated carbocycles. The Bertz CT molecular complexity index is 3570. The van der Waals surface area contributed by atoms with Gasteiger partial charge in [0.2, 0.25) is 0 Å². The summed E-state index contributed by atoms with van der Waals surface area (Å²) in [6, 6.07) is 95.5. The maximum absolute atomic E-state index is 2.43. The van der Waals surface area contributed by atoms with E-state index in [-0.39, 0.29) is 5.41 Å². The highest BCUT2D eigenvalue weighted by molar-refractivity contribution is 5.91. The van der Waals surface area contributed by atoms with Crippen LogP contribution in [0.15, 0.2) is 261 Å². The van der Waals surface area contributed by atoms with E-state index in [9.17, 15) is 0 Å². The van der Waals surface area contributed by atoms with Crippen molar-refractivity contribution in [2.75, 3.05) is 4.90 Å². The monoisotopic (exact) mass is 867 g/mol. The van der Waals surface area contributed by atoms with Crippen LogP contribution in [0.3, 0.4) is 0 Å². The van der Waals surface area contributed by atoms with Gasteiger partial charge in [-0.15, -0.1) is 0 Å². The molecule has 0 bridgehead atoms. The zero-order chi connectivity index (χ0) is 45.6. The normalized spacial score (nSPS) is 12.4. The number of fused-ring (bicyclic) bond motifs is 4. The van der Waals surface area contributed by atoms with Crippen LogP contribution in [0.4, 0.5) is 17.1 Å². The molecular formula is C67H49N. The van der Waals surface area contributed by atoms with Crippen molar-refractivity contribution in [2.24, 2.45) is 0 Å². The molecule has 12 rings (SSSR count). The van der Waals surface area contributed by atoms with Gasteiger partial charge in [-0.25, -0.2) is 0 Å². The standard InChI is InChI=1S/C67H49N/c1-67(2)65-44-59(58-30-29-48-15-9-10-16-57(48)43-58)35-41-63(65)64-42-40-62(45-66(64)67)68(60-36-31-55(32-37-60)53-23-19-50(20-24-53)47-13-7-4-8-14-47)61-38-33-56(34-39-61)54-27-25-52(26-28-54)51-21-17-49(18-22-51)46-11-5-3-6-12-46/h3-45H,1-2H3. The molecule has 1 nitrogen and oxygen atoms in total. The lowest BCUT2D eigenvalue weighted by molar-refractivity contribution is 0.660. The molecule has 0 spiro atoms. The van der Waals surface area contributed by atoms with Crippen LogP contribution in [0.5, 0.6) is 0 Å². The summed E-state index contributed by atoms with van der Waals surface area (Å²) in [5.74, 6) is 0. The fraction of sp³-hybridized carbons (Fsp3) is 0.0448. The third kappa shape index (κ3) is 7.59. The first-order valence-corrected chi connectivity index (χ1v) is 23.6. The summed E-state index contributed by atoms with van der Waals surface area (Å²) in [6.07, 6.45) is 0. The number of hydrogen-bond donors (Lipinski definition) is 0. The van der Waals surface area contributed by atoms with Crippen molar-refractivity contribution in [1.29, 1.82) is 0 Å². The van der Waals surface area contributed by atoms with E-state index in [2.05, 4.69) is 280 Å². The third-order valence-corrected chi connectivity index (χ3v) is 14.1. The number of rotatable bonds is 9. The summed E-state index contributed by atoms with van der Waals surface area (Å²) in [4.78, 5) is 2.41. The molecule has 0 aliphatic heterocycles. The van der Waals surface area contributed by atoms with E-state index >= 15 is 0 Å². The number of anilines is 3.